The molecule has 0 aliphatic carbocycles. The van der Waals surface area contributed by atoms with Crippen molar-refractivity contribution in [3.05, 3.63) is 24.0 Å². The summed E-state index contributed by atoms with van der Waals surface area (Å²) in [6.45, 7) is 4.34. The molecule has 0 aromatic heterocycles. The number of amides is 2. The number of carbonyl (C=O) groups excluding carboxylic acids is 2. The molecule has 2 fully saturated rings. The minimum absolute atomic E-state index is 0.189. The molecule has 2 saturated heterocycles. The molecule has 0 spiro atoms. The van der Waals surface area contributed by atoms with Crippen molar-refractivity contribution in [2.45, 2.75) is 13.0 Å². The third-order valence-electron chi connectivity index (χ3n) is 4.05. The normalized spacial score (nSPS) is 19.3. The maximum atomic E-state index is 14.4. The maximum Gasteiger partial charge on any atom is 0.414 e. The summed E-state index contributed by atoms with van der Waals surface area (Å²) in [5.41, 5.74) is 0.948. The van der Waals surface area contributed by atoms with Crippen molar-refractivity contribution in [3.8, 4) is 0 Å². The monoisotopic (exact) mass is 433 g/mol. The molecule has 0 unspecified atom stereocenters. The van der Waals surface area contributed by atoms with E-state index in [-0.39, 0.29) is 24.8 Å². The Kier molecular flexibility index (Phi) is 7.73. The number of morpholine rings is 1. The summed E-state index contributed by atoms with van der Waals surface area (Å²) >= 11 is 0. The van der Waals surface area contributed by atoms with Gasteiger partial charge in [0, 0.05) is 30.4 Å². The topological polar surface area (TPSA) is 151 Å². The molecular weight excluding hydrogens is 413 g/mol. The molecule has 0 radical (unpaired) electrons. The van der Waals surface area contributed by atoms with Gasteiger partial charge in [0.25, 0.3) is 0 Å². The summed E-state index contributed by atoms with van der Waals surface area (Å²) in [6.07, 6.45) is -0.979. The van der Waals surface area contributed by atoms with E-state index in [1.165, 1.54) is 17.9 Å². The Labute approximate surface area is 166 Å². The van der Waals surface area contributed by atoms with Crippen molar-refractivity contribution in [1.29, 1.82) is 0 Å². The fourth-order valence-corrected chi connectivity index (χ4v) is 2.82. The third kappa shape index (κ3) is 7.45. The third-order valence-corrected chi connectivity index (χ3v) is 4.05. The second-order valence-electron chi connectivity index (χ2n) is 6.20. The van der Waals surface area contributed by atoms with Crippen LogP contribution in [0.2, 0.25) is 0 Å². The number of rotatable bonds is 4. The standard InChI is InChI=1S/C16H20FN3O4.H2O4S/c1-11(21)18-9-13-10-20(16(22)24-13)12-2-3-15(14(17)8-12)19-4-6-23-7-5-19;1-5(2,3)4/h2-3,8,13H,4-7,9-10H2,1H3,(H,18,21);(H2,1,2,3,4)/p-2/t13-;/m0./s1. The molecule has 2 aliphatic heterocycles. The Morgan fingerprint density at radius 3 is 2.48 bits per heavy atom. The Balaban J connectivity index is 0.000000537. The predicted octanol–water partition coefficient (Wildman–Crippen LogP) is -0.214. The van der Waals surface area contributed by atoms with Crippen LogP contribution in [-0.2, 0) is 24.7 Å². The van der Waals surface area contributed by atoms with Crippen molar-refractivity contribution in [2.75, 3.05) is 49.2 Å². The van der Waals surface area contributed by atoms with Gasteiger partial charge in [-0.3, -0.25) is 18.1 Å². The van der Waals surface area contributed by atoms with Gasteiger partial charge < -0.3 is 28.8 Å². The maximum absolute atomic E-state index is 14.4. The Morgan fingerprint density at radius 1 is 1.31 bits per heavy atom. The molecule has 29 heavy (non-hydrogen) atoms. The smallest absolute Gasteiger partial charge is 0.414 e. The molecule has 0 bridgehead atoms. The first-order valence-electron chi connectivity index (χ1n) is 8.56. The number of halogens is 1. The number of ether oxygens (including phenoxy) is 2. The minimum atomic E-state index is -5.17. The van der Waals surface area contributed by atoms with Gasteiger partial charge in [-0.15, -0.1) is 0 Å². The number of hydrogen-bond acceptors (Lipinski definition) is 9. The molecule has 162 valence electrons. The first-order chi connectivity index (χ1) is 13.5. The largest absolute Gasteiger partial charge is 0.759 e. The van der Waals surface area contributed by atoms with Gasteiger partial charge >= 0.3 is 6.09 Å². The molecule has 1 atom stereocenters. The number of hydrogen-bond donors (Lipinski definition) is 1. The number of nitrogens with one attached hydrogen (secondary N) is 1. The Hall–Kier alpha value is -2.48. The van der Waals surface area contributed by atoms with Gasteiger partial charge in [-0.1, -0.05) is 0 Å². The molecular formula is C16H20FN3O8S-2. The molecule has 1 aromatic carbocycles. The van der Waals surface area contributed by atoms with E-state index in [1.54, 1.807) is 12.1 Å². The van der Waals surface area contributed by atoms with Crippen LogP contribution in [0.5, 0.6) is 0 Å². The lowest BCUT2D eigenvalue weighted by atomic mass is 10.2. The Morgan fingerprint density at radius 2 is 1.93 bits per heavy atom. The van der Waals surface area contributed by atoms with Crippen LogP contribution >= 0.6 is 0 Å². The summed E-state index contributed by atoms with van der Waals surface area (Å²) in [5.74, 6) is -0.571. The summed E-state index contributed by atoms with van der Waals surface area (Å²) in [5, 5.41) is 2.61. The van der Waals surface area contributed by atoms with Crippen LogP contribution in [-0.4, -0.2) is 75.0 Å². The van der Waals surface area contributed by atoms with Crippen molar-refractivity contribution < 1.29 is 41.0 Å². The van der Waals surface area contributed by atoms with Gasteiger partial charge in [-0.25, -0.2) is 9.18 Å². The lowest BCUT2D eigenvalue weighted by Gasteiger charge is -2.29. The van der Waals surface area contributed by atoms with Crippen LogP contribution in [0.3, 0.4) is 0 Å². The summed E-state index contributed by atoms with van der Waals surface area (Å²) < 4.78 is 59.0. The molecule has 1 aromatic rings. The van der Waals surface area contributed by atoms with Gasteiger partial charge in [-0.05, 0) is 18.2 Å². The van der Waals surface area contributed by atoms with Gasteiger partial charge in [0.1, 0.15) is 11.9 Å². The zero-order valence-corrected chi connectivity index (χ0v) is 16.3. The number of anilines is 2. The molecule has 1 N–H and O–H groups in total. The van der Waals surface area contributed by atoms with E-state index in [2.05, 4.69) is 5.32 Å². The average molecular weight is 433 g/mol. The van der Waals surface area contributed by atoms with Crippen LogP contribution in [0.4, 0.5) is 20.6 Å². The number of cyclic esters (lactones) is 1. The van der Waals surface area contributed by atoms with Crippen LogP contribution in [0, 0.1) is 5.82 Å². The molecule has 3 rings (SSSR count). The predicted molar refractivity (Wildman–Crippen MR) is 96.2 cm³/mol. The quantitative estimate of drug-likeness (QED) is 0.502. The highest BCUT2D eigenvalue weighted by atomic mass is 32.3. The van der Waals surface area contributed by atoms with Crippen LogP contribution in [0.25, 0.3) is 0 Å². The first-order valence-corrected chi connectivity index (χ1v) is 9.89. The second-order valence-corrected chi connectivity index (χ2v) is 7.01. The molecule has 0 saturated carbocycles. The number of carbonyl (C=O) groups is 2. The fourth-order valence-electron chi connectivity index (χ4n) is 2.82. The van der Waals surface area contributed by atoms with Crippen LogP contribution < -0.4 is 15.1 Å². The summed E-state index contributed by atoms with van der Waals surface area (Å²) in [6, 6.07) is 4.72. The molecule has 2 amide bonds. The van der Waals surface area contributed by atoms with E-state index < -0.39 is 22.6 Å². The van der Waals surface area contributed by atoms with E-state index in [0.717, 1.165) is 0 Å². The average Bonchev–Trinajstić information content (AvgIpc) is 3.00. The van der Waals surface area contributed by atoms with Gasteiger partial charge in [0.15, 0.2) is 0 Å². The van der Waals surface area contributed by atoms with E-state index in [1.807, 2.05) is 4.90 Å². The van der Waals surface area contributed by atoms with Gasteiger partial charge in [0.05, 0.1) is 37.7 Å². The van der Waals surface area contributed by atoms with E-state index in [9.17, 15) is 14.0 Å². The molecule has 13 heteroatoms. The van der Waals surface area contributed by atoms with Crippen LogP contribution in [0.15, 0.2) is 18.2 Å². The molecule has 11 nitrogen and oxygen atoms in total. The summed E-state index contributed by atoms with van der Waals surface area (Å²) in [4.78, 5) is 26.2. The van der Waals surface area contributed by atoms with Crippen molar-refractivity contribution in [1.82, 2.24) is 5.32 Å². The highest BCUT2D eigenvalue weighted by Gasteiger charge is 2.33. The zero-order valence-electron chi connectivity index (χ0n) is 15.5. The van der Waals surface area contributed by atoms with Crippen molar-refractivity contribution in [2.24, 2.45) is 0 Å². The fraction of sp³-hybridized carbons (Fsp3) is 0.500. The number of benzene rings is 1. The second kappa shape index (κ2) is 9.82. The lowest BCUT2D eigenvalue weighted by Crippen LogP contribution is -2.36. The minimum Gasteiger partial charge on any atom is -0.759 e. The van der Waals surface area contributed by atoms with Crippen LogP contribution in [0.1, 0.15) is 6.92 Å². The SMILES string of the molecule is CC(=O)NC[C@H]1CN(c2ccc(N3CCOCC3)c(F)c2)C(=O)O1.O=S(=O)([O-])[O-]. The lowest BCUT2D eigenvalue weighted by molar-refractivity contribution is -0.119. The number of nitrogens with zero attached hydrogens (tertiary/aromatic N) is 2. The highest BCUT2D eigenvalue weighted by Crippen LogP contribution is 2.28. The summed E-state index contributed by atoms with van der Waals surface area (Å²) in [7, 11) is -5.17. The van der Waals surface area contributed by atoms with Crippen molar-refractivity contribution >= 4 is 33.8 Å². The zero-order chi connectivity index (χ0) is 21.6. The van der Waals surface area contributed by atoms with Crippen molar-refractivity contribution in [3.63, 3.8) is 0 Å². The molecule has 2 aliphatic rings. The first kappa shape index (κ1) is 22.8. The van der Waals surface area contributed by atoms with E-state index in [0.29, 0.717) is 37.7 Å². The Bertz CT molecular complexity index is 837. The molecule has 2 heterocycles. The highest BCUT2D eigenvalue weighted by molar-refractivity contribution is 7.79. The van der Waals surface area contributed by atoms with Gasteiger partial charge in [-0.2, -0.15) is 0 Å². The van der Waals surface area contributed by atoms with Gasteiger partial charge in [0.2, 0.25) is 5.91 Å². The van der Waals surface area contributed by atoms with E-state index in [4.69, 9.17) is 27.0 Å². The van der Waals surface area contributed by atoms with E-state index >= 15 is 0 Å².